The Labute approximate surface area is 76.3 Å². The van der Waals surface area contributed by atoms with E-state index >= 15 is 0 Å². The van der Waals surface area contributed by atoms with Crippen LogP contribution in [0.5, 0.6) is 0 Å². The van der Waals surface area contributed by atoms with Crippen LogP contribution in [0, 0.1) is 0 Å². The predicted octanol–water partition coefficient (Wildman–Crippen LogP) is 1.37. The Morgan fingerprint density at radius 3 is 2.17 bits per heavy atom. The summed E-state index contributed by atoms with van der Waals surface area (Å²) in [6, 6.07) is 6.71. The van der Waals surface area contributed by atoms with Gasteiger partial charge in [0.25, 0.3) is 0 Å². The fraction of sp³-hybridized carbons (Fsp3) is 0. The third kappa shape index (κ3) is 2.11. The minimum absolute atomic E-state index is 0.270. The van der Waals surface area contributed by atoms with Gasteiger partial charge in [0.2, 0.25) is 0 Å². The lowest BCUT2D eigenvalue weighted by molar-refractivity contribution is 0.427. The van der Waals surface area contributed by atoms with E-state index in [0.29, 0.717) is 10.6 Å². The third-order valence-corrected chi connectivity index (χ3v) is 1.78. The van der Waals surface area contributed by atoms with Crippen LogP contribution in [0.2, 0.25) is 5.02 Å². The fourth-order valence-corrected chi connectivity index (χ4v) is 0.939. The molecule has 0 spiro atoms. The molecule has 0 aliphatic rings. The van der Waals surface area contributed by atoms with E-state index in [1.807, 2.05) is 0 Å². The normalized spacial score (nSPS) is 9.58. The Kier molecular flexibility index (Phi) is 2.92. The third-order valence-electron chi connectivity index (χ3n) is 1.53. The van der Waals surface area contributed by atoms with Crippen molar-refractivity contribution < 1.29 is 10.0 Å². The lowest BCUT2D eigenvalue weighted by Gasteiger charge is -2.03. The van der Waals surface area contributed by atoms with Crippen LogP contribution in [0.4, 0.5) is 0 Å². The van der Waals surface area contributed by atoms with Crippen molar-refractivity contribution in [3.8, 4) is 0 Å². The topological polar surface area (TPSA) is 40.5 Å². The first-order chi connectivity index (χ1) is 5.61. The minimum atomic E-state index is -1.51. The molecule has 0 radical (unpaired) electrons. The molecule has 0 amide bonds. The number of hydrogen-bond acceptors (Lipinski definition) is 2. The molecule has 2 nitrogen and oxygen atoms in total. The maximum Gasteiger partial charge on any atom is 0.488 e. The predicted molar refractivity (Wildman–Crippen MR) is 50.7 cm³/mol. The van der Waals surface area contributed by atoms with Crippen molar-refractivity contribution in [1.82, 2.24) is 0 Å². The summed E-state index contributed by atoms with van der Waals surface area (Å²) in [6.07, 6.45) is 0. The standard InChI is InChI=1S/C8H8BClO2/c1-6(9(11)12)7-2-4-8(10)5-3-7/h2-5,11-12H,1H2. The van der Waals surface area contributed by atoms with Crippen LogP contribution in [-0.4, -0.2) is 17.2 Å². The van der Waals surface area contributed by atoms with Crippen LogP contribution in [0.25, 0.3) is 5.47 Å². The second-order valence-electron chi connectivity index (χ2n) is 2.41. The van der Waals surface area contributed by atoms with Crippen molar-refractivity contribution in [1.29, 1.82) is 0 Å². The highest BCUT2D eigenvalue weighted by Crippen LogP contribution is 2.16. The van der Waals surface area contributed by atoms with Crippen LogP contribution in [0.15, 0.2) is 30.8 Å². The molecule has 2 N–H and O–H groups in total. The second kappa shape index (κ2) is 3.76. The van der Waals surface area contributed by atoms with Gasteiger partial charge in [0.05, 0.1) is 0 Å². The summed E-state index contributed by atoms with van der Waals surface area (Å²) in [5.41, 5.74) is 0.945. The number of benzene rings is 1. The minimum Gasteiger partial charge on any atom is -0.423 e. The van der Waals surface area contributed by atoms with Crippen molar-refractivity contribution in [2.45, 2.75) is 0 Å². The van der Waals surface area contributed by atoms with Gasteiger partial charge in [0, 0.05) is 5.02 Å². The van der Waals surface area contributed by atoms with E-state index in [-0.39, 0.29) is 5.47 Å². The highest BCUT2D eigenvalue weighted by molar-refractivity contribution is 6.65. The van der Waals surface area contributed by atoms with E-state index in [9.17, 15) is 0 Å². The molecule has 0 heterocycles. The molecule has 12 heavy (non-hydrogen) atoms. The zero-order valence-electron chi connectivity index (χ0n) is 6.37. The van der Waals surface area contributed by atoms with Gasteiger partial charge in [-0.15, -0.1) is 0 Å². The van der Waals surface area contributed by atoms with Crippen LogP contribution in [0.3, 0.4) is 0 Å². The summed E-state index contributed by atoms with van der Waals surface area (Å²) in [6.45, 7) is 3.51. The Morgan fingerprint density at radius 1 is 1.25 bits per heavy atom. The summed E-state index contributed by atoms with van der Waals surface area (Å²) in [5, 5.41) is 18.1. The van der Waals surface area contributed by atoms with Crippen LogP contribution >= 0.6 is 11.6 Å². The molecule has 0 aromatic heterocycles. The summed E-state index contributed by atoms with van der Waals surface area (Å²) in [7, 11) is -1.51. The van der Waals surface area contributed by atoms with E-state index in [2.05, 4.69) is 6.58 Å². The van der Waals surface area contributed by atoms with E-state index < -0.39 is 7.12 Å². The number of hydrogen-bond donors (Lipinski definition) is 2. The quantitative estimate of drug-likeness (QED) is 0.678. The van der Waals surface area contributed by atoms with Gasteiger partial charge in [-0.2, -0.15) is 0 Å². The van der Waals surface area contributed by atoms with E-state index in [4.69, 9.17) is 21.6 Å². The van der Waals surface area contributed by atoms with Crippen LogP contribution < -0.4 is 0 Å². The van der Waals surface area contributed by atoms with E-state index in [1.54, 1.807) is 24.3 Å². The Morgan fingerprint density at radius 2 is 1.75 bits per heavy atom. The van der Waals surface area contributed by atoms with Gasteiger partial charge in [-0.05, 0) is 23.2 Å². The van der Waals surface area contributed by atoms with Gasteiger partial charge in [0.15, 0.2) is 0 Å². The zero-order chi connectivity index (χ0) is 9.14. The molecule has 0 aliphatic carbocycles. The lowest BCUT2D eigenvalue weighted by Crippen LogP contribution is -2.12. The van der Waals surface area contributed by atoms with Crippen molar-refractivity contribution in [2.24, 2.45) is 0 Å². The molecule has 0 atom stereocenters. The maximum absolute atomic E-state index is 8.77. The average Bonchev–Trinajstić information content (AvgIpc) is 2.04. The van der Waals surface area contributed by atoms with E-state index in [0.717, 1.165) is 0 Å². The summed E-state index contributed by atoms with van der Waals surface area (Å²) < 4.78 is 0. The smallest absolute Gasteiger partial charge is 0.423 e. The Balaban J connectivity index is 2.90. The first-order valence-electron chi connectivity index (χ1n) is 3.42. The molecule has 1 aromatic rings. The SMILES string of the molecule is C=C(B(O)O)c1ccc(Cl)cc1. The summed E-state index contributed by atoms with van der Waals surface area (Å²) in [4.78, 5) is 0. The molecular formula is C8H8BClO2. The van der Waals surface area contributed by atoms with Gasteiger partial charge < -0.3 is 10.0 Å². The van der Waals surface area contributed by atoms with Crippen molar-refractivity contribution in [2.75, 3.05) is 0 Å². The molecule has 0 fully saturated rings. The van der Waals surface area contributed by atoms with Crippen molar-refractivity contribution in [3.63, 3.8) is 0 Å². The van der Waals surface area contributed by atoms with Crippen molar-refractivity contribution in [3.05, 3.63) is 41.4 Å². The fourth-order valence-electron chi connectivity index (χ4n) is 0.813. The largest absolute Gasteiger partial charge is 0.488 e. The summed E-state index contributed by atoms with van der Waals surface area (Å²) >= 11 is 5.64. The van der Waals surface area contributed by atoms with Crippen LogP contribution in [0.1, 0.15) is 5.56 Å². The zero-order valence-corrected chi connectivity index (χ0v) is 7.12. The van der Waals surface area contributed by atoms with Crippen molar-refractivity contribution >= 4 is 24.2 Å². The Hall–Kier alpha value is -0.765. The maximum atomic E-state index is 8.77. The van der Waals surface area contributed by atoms with Gasteiger partial charge in [-0.3, -0.25) is 0 Å². The molecule has 62 valence electrons. The second-order valence-corrected chi connectivity index (χ2v) is 2.84. The van der Waals surface area contributed by atoms with Gasteiger partial charge in [-0.1, -0.05) is 30.3 Å². The molecular weight excluding hydrogens is 174 g/mol. The molecule has 0 saturated carbocycles. The first-order valence-corrected chi connectivity index (χ1v) is 3.80. The highest BCUT2D eigenvalue weighted by Gasteiger charge is 2.13. The summed E-state index contributed by atoms with van der Waals surface area (Å²) in [5.74, 6) is 0. The average molecular weight is 182 g/mol. The monoisotopic (exact) mass is 182 g/mol. The number of rotatable bonds is 2. The molecule has 1 rings (SSSR count). The Bertz CT molecular complexity index is 282. The molecule has 0 saturated heterocycles. The van der Waals surface area contributed by atoms with E-state index in [1.165, 1.54) is 0 Å². The molecule has 0 aliphatic heterocycles. The number of halogens is 1. The molecule has 0 bridgehead atoms. The van der Waals surface area contributed by atoms with Gasteiger partial charge >= 0.3 is 7.12 Å². The molecule has 1 aromatic carbocycles. The van der Waals surface area contributed by atoms with Gasteiger partial charge in [0.1, 0.15) is 0 Å². The van der Waals surface area contributed by atoms with Gasteiger partial charge in [-0.25, -0.2) is 0 Å². The van der Waals surface area contributed by atoms with Crippen LogP contribution in [-0.2, 0) is 0 Å². The lowest BCUT2D eigenvalue weighted by atomic mass is 9.76. The molecule has 4 heteroatoms. The highest BCUT2D eigenvalue weighted by atomic mass is 35.5. The first kappa shape index (κ1) is 9.32. The molecule has 0 unspecified atom stereocenters.